The standard InChI is InChI=1S/C23H24N6O4/c1-3-29-22-17(13-25-29)21(26-15-8-9-32-20(30)11-15)18(12-24-22)23-28-27-19(33-23)10-14-4-6-16(31-2)7-5-14/h4-7,12-13,15H,3,8-11H2,1-2H3,(H,24,26). The molecule has 1 atom stereocenters. The van der Waals surface area contributed by atoms with E-state index in [0.29, 0.717) is 43.3 Å². The molecule has 5 rings (SSSR count). The Morgan fingerprint density at radius 3 is 2.82 bits per heavy atom. The Labute approximate surface area is 189 Å². The summed E-state index contributed by atoms with van der Waals surface area (Å²) >= 11 is 0. The van der Waals surface area contributed by atoms with Crippen LogP contribution in [0, 0.1) is 0 Å². The summed E-state index contributed by atoms with van der Waals surface area (Å²) in [5, 5.41) is 17.3. The molecule has 0 saturated carbocycles. The van der Waals surface area contributed by atoms with Crippen molar-refractivity contribution in [3.05, 3.63) is 48.1 Å². The first-order valence-corrected chi connectivity index (χ1v) is 10.9. The number of nitrogens with one attached hydrogen (secondary N) is 1. The highest BCUT2D eigenvalue weighted by Gasteiger charge is 2.25. The number of pyridine rings is 1. The molecule has 0 spiro atoms. The van der Waals surface area contributed by atoms with Crippen LogP contribution in [0.3, 0.4) is 0 Å². The number of esters is 1. The van der Waals surface area contributed by atoms with Gasteiger partial charge in [-0.1, -0.05) is 12.1 Å². The maximum Gasteiger partial charge on any atom is 0.307 e. The lowest BCUT2D eigenvalue weighted by Gasteiger charge is -2.24. The van der Waals surface area contributed by atoms with Gasteiger partial charge in [-0.05, 0) is 24.6 Å². The molecule has 1 unspecified atom stereocenters. The molecule has 1 aliphatic heterocycles. The normalized spacial score (nSPS) is 16.1. The van der Waals surface area contributed by atoms with Gasteiger partial charge in [0, 0.05) is 25.2 Å². The molecular formula is C23H24N6O4. The number of aromatic nitrogens is 5. The fraction of sp³-hybridized carbons (Fsp3) is 0.348. The summed E-state index contributed by atoms with van der Waals surface area (Å²) in [5.41, 5.74) is 3.23. The molecule has 0 amide bonds. The highest BCUT2D eigenvalue weighted by Crippen LogP contribution is 2.34. The van der Waals surface area contributed by atoms with Crippen molar-refractivity contribution in [2.45, 2.75) is 38.8 Å². The van der Waals surface area contributed by atoms with Crippen molar-refractivity contribution in [1.82, 2.24) is 25.0 Å². The zero-order valence-electron chi connectivity index (χ0n) is 18.4. The van der Waals surface area contributed by atoms with Gasteiger partial charge in [0.25, 0.3) is 5.89 Å². The SMILES string of the molecule is CCn1ncc2c(NC3CCOC(=O)C3)c(-c3nnc(Cc4ccc(OC)cc4)o3)cnc21. The van der Waals surface area contributed by atoms with E-state index >= 15 is 0 Å². The van der Waals surface area contributed by atoms with E-state index in [0.717, 1.165) is 28.0 Å². The van der Waals surface area contributed by atoms with Gasteiger partial charge in [0.2, 0.25) is 5.89 Å². The summed E-state index contributed by atoms with van der Waals surface area (Å²) in [7, 11) is 1.64. The minimum absolute atomic E-state index is 0.0673. The molecule has 1 aromatic carbocycles. The van der Waals surface area contributed by atoms with Crippen molar-refractivity contribution in [1.29, 1.82) is 0 Å². The predicted molar refractivity (Wildman–Crippen MR) is 120 cm³/mol. The number of benzene rings is 1. The number of anilines is 1. The van der Waals surface area contributed by atoms with E-state index < -0.39 is 0 Å². The predicted octanol–water partition coefficient (Wildman–Crippen LogP) is 3.22. The van der Waals surface area contributed by atoms with E-state index in [-0.39, 0.29) is 18.4 Å². The molecule has 10 heteroatoms. The Hall–Kier alpha value is -3.95. The highest BCUT2D eigenvalue weighted by molar-refractivity contribution is 5.96. The molecule has 0 bridgehead atoms. The van der Waals surface area contributed by atoms with Crippen LogP contribution in [0.4, 0.5) is 5.69 Å². The van der Waals surface area contributed by atoms with E-state index in [1.807, 2.05) is 35.9 Å². The third-order valence-electron chi connectivity index (χ3n) is 5.67. The lowest BCUT2D eigenvalue weighted by atomic mass is 10.1. The Morgan fingerprint density at radius 1 is 1.21 bits per heavy atom. The Bertz CT molecular complexity index is 1280. The van der Waals surface area contributed by atoms with Crippen molar-refractivity contribution in [2.24, 2.45) is 0 Å². The minimum Gasteiger partial charge on any atom is -0.497 e. The fourth-order valence-corrected chi connectivity index (χ4v) is 3.93. The van der Waals surface area contributed by atoms with Crippen LogP contribution in [0.25, 0.3) is 22.5 Å². The van der Waals surface area contributed by atoms with Crippen molar-refractivity contribution in [3.63, 3.8) is 0 Å². The molecule has 0 radical (unpaired) electrons. The second kappa shape index (κ2) is 8.89. The van der Waals surface area contributed by atoms with Crippen molar-refractivity contribution >= 4 is 22.7 Å². The molecule has 3 aromatic heterocycles. The topological polar surface area (TPSA) is 117 Å². The number of nitrogens with zero attached hydrogens (tertiary/aromatic N) is 5. The first-order valence-electron chi connectivity index (χ1n) is 10.9. The number of cyclic esters (lactones) is 1. The van der Waals surface area contributed by atoms with Crippen molar-refractivity contribution in [2.75, 3.05) is 19.0 Å². The molecule has 4 heterocycles. The smallest absolute Gasteiger partial charge is 0.307 e. The van der Waals surface area contributed by atoms with Gasteiger partial charge in [0.15, 0.2) is 5.65 Å². The van der Waals surface area contributed by atoms with Gasteiger partial charge in [-0.3, -0.25) is 4.79 Å². The lowest BCUT2D eigenvalue weighted by molar-refractivity contribution is -0.147. The molecule has 33 heavy (non-hydrogen) atoms. The van der Waals surface area contributed by atoms with Crippen LogP contribution >= 0.6 is 0 Å². The first-order chi connectivity index (χ1) is 16.1. The number of rotatable bonds is 7. The van der Waals surface area contributed by atoms with Crippen LogP contribution in [-0.4, -0.2) is 50.7 Å². The van der Waals surface area contributed by atoms with Crippen molar-refractivity contribution in [3.8, 4) is 17.2 Å². The number of methoxy groups -OCH3 is 1. The Balaban J connectivity index is 1.48. The van der Waals surface area contributed by atoms with Crippen LogP contribution in [0.2, 0.25) is 0 Å². The third kappa shape index (κ3) is 4.23. The second-order valence-electron chi connectivity index (χ2n) is 7.82. The van der Waals surface area contributed by atoms with E-state index in [1.54, 1.807) is 19.5 Å². The molecule has 1 fully saturated rings. The highest BCUT2D eigenvalue weighted by atomic mass is 16.5. The molecular weight excluding hydrogens is 424 g/mol. The van der Waals surface area contributed by atoms with Gasteiger partial charge in [-0.15, -0.1) is 10.2 Å². The largest absolute Gasteiger partial charge is 0.497 e. The summed E-state index contributed by atoms with van der Waals surface area (Å²) in [6.07, 6.45) is 4.98. The molecule has 1 aliphatic rings. The monoisotopic (exact) mass is 448 g/mol. The van der Waals surface area contributed by atoms with Gasteiger partial charge >= 0.3 is 5.97 Å². The van der Waals surface area contributed by atoms with Crippen LogP contribution in [0.1, 0.15) is 31.2 Å². The van der Waals surface area contributed by atoms with Crippen LogP contribution < -0.4 is 10.1 Å². The fourth-order valence-electron chi connectivity index (χ4n) is 3.93. The first kappa shape index (κ1) is 20.9. The van der Waals surface area contributed by atoms with Gasteiger partial charge in [-0.2, -0.15) is 5.10 Å². The van der Waals surface area contributed by atoms with Crippen LogP contribution in [0.15, 0.2) is 41.1 Å². The quantitative estimate of drug-likeness (QED) is 0.425. The average molecular weight is 448 g/mol. The average Bonchev–Trinajstić information content (AvgIpc) is 3.47. The van der Waals surface area contributed by atoms with Gasteiger partial charge in [0.05, 0.1) is 49.4 Å². The minimum atomic E-state index is -0.213. The molecule has 1 N–H and O–H groups in total. The number of ether oxygens (including phenoxy) is 2. The second-order valence-corrected chi connectivity index (χ2v) is 7.82. The number of fused-ring (bicyclic) bond motifs is 1. The van der Waals surface area contributed by atoms with Gasteiger partial charge in [0.1, 0.15) is 5.75 Å². The van der Waals surface area contributed by atoms with Gasteiger partial charge < -0.3 is 19.2 Å². The van der Waals surface area contributed by atoms with E-state index in [4.69, 9.17) is 13.9 Å². The molecule has 0 aliphatic carbocycles. The number of aryl methyl sites for hydroxylation is 1. The van der Waals surface area contributed by atoms with E-state index in [2.05, 4.69) is 25.6 Å². The van der Waals surface area contributed by atoms with E-state index in [9.17, 15) is 4.79 Å². The molecule has 1 saturated heterocycles. The zero-order valence-corrected chi connectivity index (χ0v) is 18.4. The number of hydrogen-bond donors (Lipinski definition) is 1. The Morgan fingerprint density at radius 2 is 2.06 bits per heavy atom. The summed E-state index contributed by atoms with van der Waals surface area (Å²) < 4.78 is 18.1. The third-order valence-corrected chi connectivity index (χ3v) is 5.67. The maximum absolute atomic E-state index is 11.8. The lowest BCUT2D eigenvalue weighted by Crippen LogP contribution is -2.31. The van der Waals surface area contributed by atoms with Crippen LogP contribution in [-0.2, 0) is 22.5 Å². The number of carbonyl (C=O) groups excluding carboxylic acids is 1. The number of hydrogen-bond acceptors (Lipinski definition) is 9. The zero-order chi connectivity index (χ0) is 22.8. The van der Waals surface area contributed by atoms with Crippen molar-refractivity contribution < 1.29 is 18.7 Å². The Kier molecular flexibility index (Phi) is 5.64. The molecule has 170 valence electrons. The summed E-state index contributed by atoms with van der Waals surface area (Å²) in [6, 6.07) is 7.65. The maximum atomic E-state index is 11.8. The summed E-state index contributed by atoms with van der Waals surface area (Å²) in [6.45, 7) is 3.09. The van der Waals surface area contributed by atoms with Gasteiger partial charge in [-0.25, -0.2) is 9.67 Å². The summed E-state index contributed by atoms with van der Waals surface area (Å²) in [5.74, 6) is 1.43. The summed E-state index contributed by atoms with van der Waals surface area (Å²) in [4.78, 5) is 16.4. The molecule has 4 aromatic rings. The van der Waals surface area contributed by atoms with E-state index in [1.165, 1.54) is 0 Å². The number of carbonyl (C=O) groups is 1. The van der Waals surface area contributed by atoms with Crippen LogP contribution in [0.5, 0.6) is 5.75 Å². The molecule has 10 nitrogen and oxygen atoms in total.